The second kappa shape index (κ2) is 7.80. The smallest absolute Gasteiger partial charge is 0.254 e. The van der Waals surface area contributed by atoms with Gasteiger partial charge in [-0.2, -0.15) is 0 Å². The van der Waals surface area contributed by atoms with E-state index in [2.05, 4.69) is 9.97 Å². The number of carbonyl (C=O) groups is 2. The number of benzene rings is 2. The van der Waals surface area contributed by atoms with Crippen LogP contribution in [0.1, 0.15) is 23.2 Å². The summed E-state index contributed by atoms with van der Waals surface area (Å²) in [6, 6.07) is 15.6. The topological polar surface area (TPSA) is 116 Å². The van der Waals surface area contributed by atoms with Gasteiger partial charge in [0.2, 0.25) is 0 Å². The molecule has 1 saturated carbocycles. The van der Waals surface area contributed by atoms with Gasteiger partial charge in [-0.15, -0.1) is 0 Å². The summed E-state index contributed by atoms with van der Waals surface area (Å²) >= 11 is 0. The lowest BCUT2D eigenvalue weighted by atomic mass is 10.0. The maximum absolute atomic E-state index is 12.9. The van der Waals surface area contributed by atoms with Crippen molar-refractivity contribution in [2.75, 3.05) is 31.9 Å². The van der Waals surface area contributed by atoms with Gasteiger partial charge >= 0.3 is 0 Å². The summed E-state index contributed by atoms with van der Waals surface area (Å²) in [6.07, 6.45) is 2.78. The third kappa shape index (κ3) is 3.85. The molecule has 0 spiro atoms. The maximum Gasteiger partial charge on any atom is 0.254 e. The maximum atomic E-state index is 12.9. The minimum atomic E-state index is -1.15. The number of nitrogens with one attached hydrogen (secondary N) is 1. The first kappa shape index (κ1) is 20.3. The summed E-state index contributed by atoms with van der Waals surface area (Å²) in [5, 5.41) is 10.0. The SMILES string of the molecule is Nc1ncc(-c2cccc(-c3ccc(C(=O)N4CCN(C(=O)C5(O)CC5)CC4)cc3)c2)[nH]1. The molecule has 2 heterocycles. The van der Waals surface area contributed by atoms with E-state index in [4.69, 9.17) is 5.73 Å². The summed E-state index contributed by atoms with van der Waals surface area (Å²) in [4.78, 5) is 35.7. The first-order valence-electron chi connectivity index (χ1n) is 10.8. The number of piperazine rings is 1. The zero-order valence-electron chi connectivity index (χ0n) is 17.6. The molecule has 5 rings (SSSR count). The van der Waals surface area contributed by atoms with E-state index in [0.717, 1.165) is 22.4 Å². The first-order valence-corrected chi connectivity index (χ1v) is 10.8. The monoisotopic (exact) mass is 431 g/mol. The van der Waals surface area contributed by atoms with Gasteiger partial charge in [0.05, 0.1) is 11.9 Å². The average molecular weight is 431 g/mol. The highest BCUT2D eigenvalue weighted by Gasteiger charge is 2.50. The molecule has 8 nitrogen and oxygen atoms in total. The molecule has 1 aliphatic heterocycles. The van der Waals surface area contributed by atoms with Crippen LogP contribution in [0.15, 0.2) is 54.7 Å². The summed E-state index contributed by atoms with van der Waals surface area (Å²) < 4.78 is 0. The quantitative estimate of drug-likeness (QED) is 0.585. The number of nitrogens with two attached hydrogens (primary N) is 1. The number of anilines is 1. The Kier molecular flexibility index (Phi) is 4.94. The lowest BCUT2D eigenvalue weighted by molar-refractivity contribution is -0.143. The number of hydrogen-bond acceptors (Lipinski definition) is 5. The molecule has 3 aromatic rings. The van der Waals surface area contributed by atoms with Gasteiger partial charge in [-0.05, 0) is 42.2 Å². The number of hydrogen-bond donors (Lipinski definition) is 3. The first-order chi connectivity index (χ1) is 15.4. The summed E-state index contributed by atoms with van der Waals surface area (Å²) in [5.41, 5.74) is 9.01. The molecule has 1 saturated heterocycles. The van der Waals surface area contributed by atoms with Crippen LogP contribution in [0.5, 0.6) is 0 Å². The normalized spacial score (nSPS) is 17.3. The summed E-state index contributed by atoms with van der Waals surface area (Å²) in [6.45, 7) is 1.85. The van der Waals surface area contributed by atoms with E-state index >= 15 is 0 Å². The Morgan fingerprint density at radius 3 is 2.22 bits per heavy atom. The Hall–Kier alpha value is -3.65. The molecule has 2 aromatic carbocycles. The van der Waals surface area contributed by atoms with Crippen molar-refractivity contribution < 1.29 is 14.7 Å². The molecule has 32 heavy (non-hydrogen) atoms. The molecule has 0 atom stereocenters. The summed E-state index contributed by atoms with van der Waals surface area (Å²) in [5.74, 6) is 0.131. The fourth-order valence-electron chi connectivity index (χ4n) is 4.08. The predicted octanol–water partition coefficient (Wildman–Crippen LogP) is 2.14. The van der Waals surface area contributed by atoms with E-state index < -0.39 is 5.60 Å². The number of nitrogens with zero attached hydrogens (tertiary/aromatic N) is 3. The van der Waals surface area contributed by atoms with Crippen LogP contribution in [0.4, 0.5) is 5.95 Å². The van der Waals surface area contributed by atoms with Crippen LogP contribution in [0.3, 0.4) is 0 Å². The van der Waals surface area contributed by atoms with Gasteiger partial charge in [-0.3, -0.25) is 9.59 Å². The predicted molar refractivity (Wildman–Crippen MR) is 121 cm³/mol. The van der Waals surface area contributed by atoms with E-state index in [9.17, 15) is 14.7 Å². The van der Waals surface area contributed by atoms with Crippen LogP contribution in [0, 0.1) is 0 Å². The molecule has 8 heteroatoms. The molecule has 1 aliphatic carbocycles. The number of aromatic amines is 1. The van der Waals surface area contributed by atoms with Gasteiger partial charge in [-0.1, -0.05) is 30.3 Å². The van der Waals surface area contributed by atoms with E-state index in [1.165, 1.54) is 0 Å². The Labute approximate surface area is 185 Å². The van der Waals surface area contributed by atoms with Gasteiger partial charge in [0.15, 0.2) is 5.95 Å². The number of rotatable bonds is 4. The summed E-state index contributed by atoms with van der Waals surface area (Å²) in [7, 11) is 0. The fourth-order valence-corrected chi connectivity index (χ4v) is 4.08. The van der Waals surface area contributed by atoms with E-state index in [1.54, 1.807) is 16.0 Å². The number of aliphatic hydroxyl groups is 1. The molecular weight excluding hydrogens is 406 g/mol. The molecule has 0 bridgehead atoms. The number of carbonyl (C=O) groups excluding carboxylic acids is 2. The molecular formula is C24H25N5O3. The van der Waals surface area contributed by atoms with Crippen molar-refractivity contribution in [3.8, 4) is 22.4 Å². The minimum absolute atomic E-state index is 0.0459. The van der Waals surface area contributed by atoms with Crippen molar-refractivity contribution in [2.24, 2.45) is 0 Å². The fraction of sp³-hybridized carbons (Fsp3) is 0.292. The van der Waals surface area contributed by atoms with E-state index in [1.807, 2.05) is 48.5 Å². The zero-order chi connectivity index (χ0) is 22.3. The standard InChI is InChI=1S/C24H25N5O3/c25-23-26-15-20(27-23)19-3-1-2-18(14-19)16-4-6-17(7-5-16)21(30)28-10-12-29(13-11-28)22(31)24(32)8-9-24/h1-7,14-15,32H,8-13H2,(H3,25,26,27). The van der Waals surface area contributed by atoms with Crippen molar-refractivity contribution in [2.45, 2.75) is 18.4 Å². The van der Waals surface area contributed by atoms with Gasteiger partial charge in [0.25, 0.3) is 11.8 Å². The minimum Gasteiger partial charge on any atom is -0.380 e. The number of H-pyrrole nitrogens is 1. The second-order valence-corrected chi connectivity index (χ2v) is 8.46. The molecule has 164 valence electrons. The molecule has 1 aromatic heterocycles. The molecule has 2 aliphatic rings. The Morgan fingerprint density at radius 1 is 0.938 bits per heavy atom. The average Bonchev–Trinajstić information content (AvgIpc) is 3.44. The van der Waals surface area contributed by atoms with Crippen LogP contribution in [-0.2, 0) is 4.79 Å². The van der Waals surface area contributed by atoms with Gasteiger partial charge in [-0.25, -0.2) is 4.98 Å². The highest BCUT2D eigenvalue weighted by atomic mass is 16.3. The van der Waals surface area contributed by atoms with Crippen molar-refractivity contribution >= 4 is 17.8 Å². The lowest BCUT2D eigenvalue weighted by Crippen LogP contribution is -2.53. The van der Waals surface area contributed by atoms with Crippen LogP contribution in [-0.4, -0.2) is 68.5 Å². The molecule has 4 N–H and O–H groups in total. The van der Waals surface area contributed by atoms with Gasteiger partial charge in [0, 0.05) is 37.3 Å². The number of nitrogen functional groups attached to an aromatic ring is 1. The van der Waals surface area contributed by atoms with Crippen molar-refractivity contribution in [1.82, 2.24) is 19.8 Å². The third-order valence-electron chi connectivity index (χ3n) is 6.21. The van der Waals surface area contributed by atoms with Gasteiger partial charge < -0.3 is 25.6 Å². The van der Waals surface area contributed by atoms with Crippen LogP contribution in [0.2, 0.25) is 0 Å². The molecule has 2 fully saturated rings. The van der Waals surface area contributed by atoms with Gasteiger partial charge in [0.1, 0.15) is 5.60 Å². The molecule has 0 unspecified atom stereocenters. The number of imidazole rings is 1. The number of aromatic nitrogens is 2. The van der Waals surface area contributed by atoms with E-state index in [0.29, 0.717) is 50.5 Å². The van der Waals surface area contributed by atoms with Crippen molar-refractivity contribution in [3.05, 3.63) is 60.3 Å². The van der Waals surface area contributed by atoms with Crippen LogP contribution in [0.25, 0.3) is 22.4 Å². The third-order valence-corrected chi connectivity index (χ3v) is 6.21. The van der Waals surface area contributed by atoms with E-state index in [-0.39, 0.29) is 11.8 Å². The largest absolute Gasteiger partial charge is 0.380 e. The molecule has 0 radical (unpaired) electrons. The molecule has 2 amide bonds. The van der Waals surface area contributed by atoms with Crippen molar-refractivity contribution in [3.63, 3.8) is 0 Å². The Bertz CT molecular complexity index is 1160. The van der Waals surface area contributed by atoms with Crippen LogP contribution >= 0.6 is 0 Å². The highest BCUT2D eigenvalue weighted by Crippen LogP contribution is 2.37. The Balaban J connectivity index is 1.25. The lowest BCUT2D eigenvalue weighted by Gasteiger charge is -2.35. The Morgan fingerprint density at radius 2 is 1.59 bits per heavy atom. The number of amides is 2. The van der Waals surface area contributed by atoms with Crippen molar-refractivity contribution in [1.29, 1.82) is 0 Å². The zero-order valence-corrected chi connectivity index (χ0v) is 17.6. The highest BCUT2D eigenvalue weighted by molar-refractivity contribution is 5.95. The van der Waals surface area contributed by atoms with Crippen LogP contribution < -0.4 is 5.73 Å². The second-order valence-electron chi connectivity index (χ2n) is 8.46.